The molecular weight excluding hydrogens is 274 g/mol. The number of benzene rings is 2. The van der Waals surface area contributed by atoms with Gasteiger partial charge in [0.15, 0.2) is 0 Å². The van der Waals surface area contributed by atoms with E-state index in [1.807, 2.05) is 47.0 Å². The highest BCUT2D eigenvalue weighted by Crippen LogP contribution is 2.26. The summed E-state index contributed by atoms with van der Waals surface area (Å²) >= 11 is 6.07. The van der Waals surface area contributed by atoms with Crippen LogP contribution < -0.4 is 5.73 Å². The van der Waals surface area contributed by atoms with Gasteiger partial charge in [-0.3, -0.25) is 4.57 Å². The SMILES string of the molecule is COCc1cccc(-n2c(N)nc3ccc(Cl)cc32)c1. The smallest absolute Gasteiger partial charge is 0.205 e. The zero-order valence-electron chi connectivity index (χ0n) is 11.0. The number of rotatable bonds is 3. The maximum absolute atomic E-state index is 6.07. The molecule has 3 aromatic rings. The molecule has 0 amide bonds. The van der Waals surface area contributed by atoms with Crippen molar-refractivity contribution in [3.63, 3.8) is 0 Å². The molecule has 2 N–H and O–H groups in total. The molecule has 0 aliphatic heterocycles. The van der Waals surface area contributed by atoms with Crippen molar-refractivity contribution in [3.05, 3.63) is 53.1 Å². The number of hydrogen-bond acceptors (Lipinski definition) is 3. The van der Waals surface area contributed by atoms with Gasteiger partial charge in [0.1, 0.15) is 0 Å². The number of ether oxygens (including phenoxy) is 1. The number of fused-ring (bicyclic) bond motifs is 1. The molecule has 102 valence electrons. The first-order chi connectivity index (χ1) is 9.69. The summed E-state index contributed by atoms with van der Waals surface area (Å²) in [5.74, 6) is 0.442. The Kier molecular flexibility index (Phi) is 3.34. The highest BCUT2D eigenvalue weighted by Gasteiger charge is 2.10. The van der Waals surface area contributed by atoms with Gasteiger partial charge in [-0.15, -0.1) is 0 Å². The Bertz CT molecular complexity index is 767. The van der Waals surface area contributed by atoms with Gasteiger partial charge in [-0.25, -0.2) is 4.98 Å². The van der Waals surface area contributed by atoms with Crippen molar-refractivity contribution in [1.29, 1.82) is 0 Å². The molecule has 5 heteroatoms. The van der Waals surface area contributed by atoms with Crippen molar-refractivity contribution in [2.45, 2.75) is 6.61 Å². The lowest BCUT2D eigenvalue weighted by atomic mass is 10.2. The minimum atomic E-state index is 0.442. The summed E-state index contributed by atoms with van der Waals surface area (Å²) in [5.41, 5.74) is 9.78. The molecule has 3 rings (SSSR count). The second kappa shape index (κ2) is 5.15. The van der Waals surface area contributed by atoms with Crippen LogP contribution in [0.3, 0.4) is 0 Å². The molecule has 0 saturated carbocycles. The summed E-state index contributed by atoms with van der Waals surface area (Å²) in [4.78, 5) is 4.36. The highest BCUT2D eigenvalue weighted by atomic mass is 35.5. The molecule has 0 aliphatic carbocycles. The number of methoxy groups -OCH3 is 1. The lowest BCUT2D eigenvalue weighted by molar-refractivity contribution is 0.185. The molecule has 0 fully saturated rings. The molecule has 0 atom stereocenters. The Balaban J connectivity index is 2.20. The third kappa shape index (κ3) is 2.24. The van der Waals surface area contributed by atoms with Crippen molar-refractivity contribution in [2.75, 3.05) is 12.8 Å². The van der Waals surface area contributed by atoms with Crippen LogP contribution in [0.4, 0.5) is 5.95 Å². The fourth-order valence-electron chi connectivity index (χ4n) is 2.29. The molecule has 20 heavy (non-hydrogen) atoms. The van der Waals surface area contributed by atoms with Crippen molar-refractivity contribution in [1.82, 2.24) is 9.55 Å². The lowest BCUT2D eigenvalue weighted by Gasteiger charge is -2.08. The van der Waals surface area contributed by atoms with Crippen molar-refractivity contribution < 1.29 is 4.74 Å². The van der Waals surface area contributed by atoms with Crippen LogP contribution in [0.2, 0.25) is 5.02 Å². The minimum Gasteiger partial charge on any atom is -0.380 e. The monoisotopic (exact) mass is 287 g/mol. The van der Waals surface area contributed by atoms with E-state index in [2.05, 4.69) is 4.98 Å². The van der Waals surface area contributed by atoms with Crippen LogP contribution >= 0.6 is 11.6 Å². The first-order valence-electron chi connectivity index (χ1n) is 6.21. The van der Waals surface area contributed by atoms with Crippen LogP contribution in [-0.4, -0.2) is 16.7 Å². The van der Waals surface area contributed by atoms with Gasteiger partial charge in [-0.2, -0.15) is 0 Å². The Morgan fingerprint density at radius 2 is 2.10 bits per heavy atom. The normalized spacial score (nSPS) is 11.1. The van der Waals surface area contributed by atoms with Gasteiger partial charge in [-0.05, 0) is 35.9 Å². The molecule has 0 unspecified atom stereocenters. The third-order valence-electron chi connectivity index (χ3n) is 3.12. The third-order valence-corrected chi connectivity index (χ3v) is 3.36. The molecule has 4 nitrogen and oxygen atoms in total. The summed E-state index contributed by atoms with van der Waals surface area (Å²) in [5, 5.41) is 0.659. The van der Waals surface area contributed by atoms with E-state index < -0.39 is 0 Å². The van der Waals surface area contributed by atoms with Gasteiger partial charge in [0.2, 0.25) is 5.95 Å². The van der Waals surface area contributed by atoms with Crippen LogP contribution in [0, 0.1) is 0 Å². The van der Waals surface area contributed by atoms with Gasteiger partial charge in [0.25, 0.3) is 0 Å². The van der Waals surface area contributed by atoms with E-state index in [1.54, 1.807) is 7.11 Å². The number of halogens is 1. The summed E-state index contributed by atoms with van der Waals surface area (Å²) in [6.45, 7) is 0.557. The molecular formula is C15H14ClN3O. The summed E-state index contributed by atoms with van der Waals surface area (Å²) in [7, 11) is 1.67. The maximum atomic E-state index is 6.07. The highest BCUT2D eigenvalue weighted by molar-refractivity contribution is 6.31. The van der Waals surface area contributed by atoms with Crippen LogP contribution in [0.15, 0.2) is 42.5 Å². The van der Waals surface area contributed by atoms with Gasteiger partial charge >= 0.3 is 0 Å². The van der Waals surface area contributed by atoms with E-state index in [4.69, 9.17) is 22.1 Å². The average Bonchev–Trinajstić information content (AvgIpc) is 2.75. The van der Waals surface area contributed by atoms with E-state index in [9.17, 15) is 0 Å². The quantitative estimate of drug-likeness (QED) is 0.803. The van der Waals surface area contributed by atoms with E-state index >= 15 is 0 Å². The predicted octanol–water partition coefficient (Wildman–Crippen LogP) is 3.41. The molecule has 0 spiro atoms. The van der Waals surface area contributed by atoms with Gasteiger partial charge < -0.3 is 10.5 Å². The number of nitrogens with two attached hydrogens (primary N) is 1. The molecule has 1 heterocycles. The van der Waals surface area contributed by atoms with Crippen molar-refractivity contribution in [2.24, 2.45) is 0 Å². The first kappa shape index (κ1) is 13.0. The zero-order chi connectivity index (χ0) is 14.1. The fraction of sp³-hybridized carbons (Fsp3) is 0.133. The van der Waals surface area contributed by atoms with Crippen LogP contribution in [0.1, 0.15) is 5.56 Å². The maximum Gasteiger partial charge on any atom is 0.205 e. The second-order valence-corrected chi connectivity index (χ2v) is 4.98. The summed E-state index contributed by atoms with van der Waals surface area (Å²) < 4.78 is 7.05. The van der Waals surface area contributed by atoms with Gasteiger partial charge in [0.05, 0.1) is 17.6 Å². The summed E-state index contributed by atoms with van der Waals surface area (Å²) in [6, 6.07) is 13.5. The van der Waals surface area contributed by atoms with E-state index in [1.165, 1.54) is 0 Å². The van der Waals surface area contributed by atoms with Crippen LogP contribution in [-0.2, 0) is 11.3 Å². The Hall–Kier alpha value is -2.04. The van der Waals surface area contributed by atoms with Crippen molar-refractivity contribution in [3.8, 4) is 5.69 Å². The standard InChI is InChI=1S/C15H14ClN3O/c1-20-9-10-3-2-4-12(7-10)19-14-8-11(16)5-6-13(14)18-15(19)17/h2-8H,9H2,1H3,(H2,17,18). The van der Waals surface area contributed by atoms with Crippen LogP contribution in [0.5, 0.6) is 0 Å². The molecule has 0 saturated heterocycles. The van der Waals surface area contributed by atoms with E-state index in [-0.39, 0.29) is 0 Å². The fourth-order valence-corrected chi connectivity index (χ4v) is 2.46. The second-order valence-electron chi connectivity index (χ2n) is 4.54. The topological polar surface area (TPSA) is 53.1 Å². The molecule has 0 bridgehead atoms. The van der Waals surface area contributed by atoms with Crippen LogP contribution in [0.25, 0.3) is 16.7 Å². The zero-order valence-corrected chi connectivity index (χ0v) is 11.8. The first-order valence-corrected chi connectivity index (χ1v) is 6.58. The number of anilines is 1. The van der Waals surface area contributed by atoms with E-state index in [0.717, 1.165) is 22.3 Å². The van der Waals surface area contributed by atoms with Crippen molar-refractivity contribution >= 4 is 28.6 Å². The number of nitrogen functional groups attached to an aromatic ring is 1. The number of aromatic nitrogens is 2. The predicted molar refractivity (Wildman–Crippen MR) is 81.2 cm³/mol. The average molecular weight is 288 g/mol. The summed E-state index contributed by atoms with van der Waals surface area (Å²) in [6.07, 6.45) is 0. The minimum absolute atomic E-state index is 0.442. The molecule has 0 radical (unpaired) electrons. The largest absolute Gasteiger partial charge is 0.380 e. The number of hydrogen-bond donors (Lipinski definition) is 1. The van der Waals surface area contributed by atoms with Gasteiger partial charge in [-0.1, -0.05) is 23.7 Å². The number of imidazole rings is 1. The van der Waals surface area contributed by atoms with E-state index in [0.29, 0.717) is 17.6 Å². The Morgan fingerprint density at radius 1 is 1.25 bits per heavy atom. The van der Waals surface area contributed by atoms with Gasteiger partial charge in [0, 0.05) is 17.8 Å². The molecule has 1 aromatic heterocycles. The molecule has 2 aromatic carbocycles. The Morgan fingerprint density at radius 3 is 2.90 bits per heavy atom. The number of nitrogens with zero attached hydrogens (tertiary/aromatic N) is 2. The molecule has 0 aliphatic rings. The Labute approximate surface area is 121 Å². The lowest BCUT2D eigenvalue weighted by Crippen LogP contribution is -2.01.